The van der Waals surface area contributed by atoms with E-state index in [2.05, 4.69) is 4.99 Å². The number of benzene rings is 1. The van der Waals surface area contributed by atoms with Crippen LogP contribution in [0, 0.1) is 13.7 Å². The van der Waals surface area contributed by atoms with Crippen molar-refractivity contribution in [3.8, 4) is 0 Å². The Morgan fingerprint density at radius 3 is 2.71 bits per heavy atom. The van der Waals surface area contributed by atoms with Crippen molar-refractivity contribution in [3.63, 3.8) is 0 Å². The average Bonchev–Trinajstić information content (AvgIpc) is 2.15. The summed E-state index contributed by atoms with van der Waals surface area (Å²) in [5.74, 6) is 0.423. The van der Waals surface area contributed by atoms with E-state index in [-0.39, 0.29) is 5.69 Å². The molecule has 0 atom stereocenters. The number of nitro groups is 1. The van der Waals surface area contributed by atoms with Gasteiger partial charge in [0.15, 0.2) is 0 Å². The minimum absolute atomic E-state index is 0.0464. The lowest BCUT2D eigenvalue weighted by atomic mass is 10.2. The van der Waals surface area contributed by atoms with Crippen LogP contribution in [0.5, 0.6) is 0 Å². The van der Waals surface area contributed by atoms with Crippen LogP contribution in [0.1, 0.15) is 5.56 Å². The van der Waals surface area contributed by atoms with Gasteiger partial charge in [-0.25, -0.2) is 0 Å². The largest absolute Gasteiger partial charge is 0.287 e. The molecule has 0 spiro atoms. The molecule has 0 heterocycles. The highest BCUT2D eigenvalue weighted by molar-refractivity contribution is 14.1. The molecule has 3 N–H and O–H groups in total. The van der Waals surface area contributed by atoms with Crippen molar-refractivity contribution in [2.45, 2.75) is 0 Å². The number of hydrogen-bond acceptors (Lipinski definition) is 2. The number of nitrogens with one attached hydrogen (secondary N) is 1. The van der Waals surface area contributed by atoms with E-state index in [0.29, 0.717) is 11.4 Å². The Kier molecular flexibility index (Phi) is 3.39. The number of nitrogen functional groups attached to an aromatic ring is 1. The quantitative estimate of drug-likeness (QED) is 0.257. The molecule has 0 aromatic heterocycles. The fourth-order valence-electron chi connectivity index (χ4n) is 0.979. The van der Waals surface area contributed by atoms with E-state index in [1.807, 2.05) is 22.6 Å². The van der Waals surface area contributed by atoms with Gasteiger partial charge in [-0.1, -0.05) is 0 Å². The van der Waals surface area contributed by atoms with Crippen molar-refractivity contribution >= 4 is 34.1 Å². The molecule has 1 aromatic rings. The summed E-state index contributed by atoms with van der Waals surface area (Å²) in [4.78, 5) is 12.9. The molecule has 0 amide bonds. The number of nitro benzene ring substituents is 1. The van der Waals surface area contributed by atoms with Gasteiger partial charge in [0.05, 0.1) is 17.5 Å². The van der Waals surface area contributed by atoms with Crippen molar-refractivity contribution in [1.29, 1.82) is 0 Å². The highest BCUT2D eigenvalue weighted by Gasteiger charge is 2.12. The van der Waals surface area contributed by atoms with Crippen LogP contribution >= 0.6 is 22.6 Å². The second-order valence-corrected chi connectivity index (χ2v) is 3.86. The molecule has 0 saturated carbocycles. The zero-order chi connectivity index (χ0) is 10.7. The number of non-ortho nitro benzene ring substituents is 1. The smallest absolute Gasteiger partial charge is 0.272 e. The van der Waals surface area contributed by atoms with E-state index in [0.717, 1.165) is 3.57 Å². The first-order valence-electron chi connectivity index (χ1n) is 3.80. The number of hydrogen-bond donors (Lipinski definition) is 2. The third-order valence-electron chi connectivity index (χ3n) is 1.67. The molecule has 0 aliphatic heterocycles. The molecule has 1 rings (SSSR count). The molecule has 1 aromatic carbocycles. The van der Waals surface area contributed by atoms with E-state index in [1.54, 1.807) is 13.1 Å². The molecule has 0 fully saturated rings. The van der Waals surface area contributed by atoms with E-state index >= 15 is 0 Å². The van der Waals surface area contributed by atoms with Gasteiger partial charge in [-0.15, -0.1) is 0 Å². The Balaban J connectivity index is 3.27. The fraction of sp³-hybridized carbons (Fsp3) is 0.125. The topological polar surface area (TPSA) is 83.1 Å². The van der Waals surface area contributed by atoms with Gasteiger partial charge in [0, 0.05) is 15.7 Å². The Hall–Kier alpha value is -1.18. The number of halogens is 1. The second kappa shape index (κ2) is 4.36. The predicted octanol–water partition coefficient (Wildman–Crippen LogP) is -0.385. The zero-order valence-electron chi connectivity index (χ0n) is 7.45. The third kappa shape index (κ3) is 2.41. The Morgan fingerprint density at radius 1 is 1.57 bits per heavy atom. The molecule has 0 saturated heterocycles. The van der Waals surface area contributed by atoms with Crippen molar-refractivity contribution in [3.05, 3.63) is 37.4 Å². The first kappa shape index (κ1) is 10.9. The summed E-state index contributed by atoms with van der Waals surface area (Å²) in [6.45, 7) is 0. The second-order valence-electron chi connectivity index (χ2n) is 2.62. The molecule has 0 aliphatic rings. The van der Waals surface area contributed by atoms with Crippen LogP contribution in [-0.4, -0.2) is 17.8 Å². The lowest BCUT2D eigenvalue weighted by Crippen LogP contribution is -2.71. The van der Waals surface area contributed by atoms with Gasteiger partial charge in [-0.05, 0) is 28.7 Å². The lowest BCUT2D eigenvalue weighted by Gasteiger charge is -1.97. The molecular weight excluding hydrogens is 297 g/mol. The Bertz CT molecular complexity index is 404. The van der Waals surface area contributed by atoms with Crippen LogP contribution in [-0.2, 0) is 0 Å². The van der Waals surface area contributed by atoms with Crippen LogP contribution in [0.3, 0.4) is 0 Å². The number of amidine groups is 1. The van der Waals surface area contributed by atoms with Crippen molar-refractivity contribution in [1.82, 2.24) is 0 Å². The Morgan fingerprint density at radius 2 is 2.21 bits per heavy atom. The van der Waals surface area contributed by atoms with Crippen molar-refractivity contribution in [2.24, 2.45) is 5.73 Å². The van der Waals surface area contributed by atoms with Crippen LogP contribution in [0.25, 0.3) is 0 Å². The molecule has 0 radical (unpaired) electrons. The summed E-state index contributed by atoms with van der Waals surface area (Å²) < 4.78 is 0.782. The van der Waals surface area contributed by atoms with Gasteiger partial charge in [0.25, 0.3) is 11.5 Å². The Labute approximate surface area is 94.3 Å². The minimum atomic E-state index is -0.436. The predicted molar refractivity (Wildman–Crippen MR) is 61.0 cm³/mol. The first-order chi connectivity index (χ1) is 6.54. The SMILES string of the molecule is C[NH+]=C(N)c1cc(I)cc([N+](=O)[O-])c1. The molecule has 0 aliphatic carbocycles. The summed E-state index contributed by atoms with van der Waals surface area (Å²) in [5.41, 5.74) is 6.29. The van der Waals surface area contributed by atoms with Crippen molar-refractivity contribution in [2.75, 3.05) is 7.05 Å². The summed E-state index contributed by atoms with van der Waals surface area (Å²) in [7, 11) is 1.67. The molecule has 0 bridgehead atoms. The monoisotopic (exact) mass is 306 g/mol. The normalized spacial score (nSPS) is 11.4. The van der Waals surface area contributed by atoms with Crippen molar-refractivity contribution < 1.29 is 9.92 Å². The van der Waals surface area contributed by atoms with Gasteiger partial charge in [0.1, 0.15) is 0 Å². The minimum Gasteiger partial charge on any atom is -0.287 e. The van der Waals surface area contributed by atoms with Gasteiger partial charge in [-0.3, -0.25) is 20.8 Å². The maximum absolute atomic E-state index is 10.5. The maximum atomic E-state index is 10.5. The summed E-state index contributed by atoms with van der Waals surface area (Å²) in [5, 5.41) is 10.5. The van der Waals surface area contributed by atoms with Gasteiger partial charge in [0.2, 0.25) is 0 Å². The number of rotatable bonds is 2. The zero-order valence-corrected chi connectivity index (χ0v) is 9.61. The van der Waals surface area contributed by atoms with E-state index in [1.165, 1.54) is 12.1 Å². The molecule has 14 heavy (non-hydrogen) atoms. The standard InChI is InChI=1S/C8H8IN3O2/c1-11-8(10)5-2-6(9)4-7(3-5)12(13)14/h2-4H,1H3,(H2,10,11)/p+1. The molecular formula is C8H9IN3O2+. The molecule has 74 valence electrons. The van der Waals surface area contributed by atoms with Crippen LogP contribution in [0.4, 0.5) is 5.69 Å². The van der Waals surface area contributed by atoms with E-state index in [9.17, 15) is 10.1 Å². The molecule has 0 unspecified atom stereocenters. The van der Waals surface area contributed by atoms with E-state index in [4.69, 9.17) is 5.73 Å². The first-order valence-corrected chi connectivity index (χ1v) is 4.88. The van der Waals surface area contributed by atoms with Gasteiger partial charge in [-0.2, -0.15) is 0 Å². The summed E-state index contributed by atoms with van der Waals surface area (Å²) in [6, 6.07) is 4.71. The van der Waals surface area contributed by atoms with Crippen LogP contribution in [0.15, 0.2) is 18.2 Å². The summed E-state index contributed by atoms with van der Waals surface area (Å²) in [6.07, 6.45) is 0. The molecule has 6 heteroatoms. The number of nitrogens with two attached hydrogens (primary N) is 1. The van der Waals surface area contributed by atoms with Gasteiger partial charge < -0.3 is 0 Å². The van der Waals surface area contributed by atoms with Gasteiger partial charge >= 0.3 is 0 Å². The van der Waals surface area contributed by atoms with E-state index < -0.39 is 4.92 Å². The lowest BCUT2D eigenvalue weighted by molar-refractivity contribution is -0.420. The van der Waals surface area contributed by atoms with Crippen LogP contribution < -0.4 is 10.7 Å². The fourth-order valence-corrected chi connectivity index (χ4v) is 1.63. The third-order valence-corrected chi connectivity index (χ3v) is 2.30. The maximum Gasteiger partial charge on any atom is 0.272 e. The highest BCUT2D eigenvalue weighted by atomic mass is 127. The average molecular weight is 306 g/mol. The number of nitrogens with zero attached hydrogens (tertiary/aromatic N) is 1. The summed E-state index contributed by atoms with van der Waals surface area (Å²) >= 11 is 2.01. The molecule has 5 nitrogen and oxygen atoms in total. The van der Waals surface area contributed by atoms with Crippen LogP contribution in [0.2, 0.25) is 0 Å². The highest BCUT2D eigenvalue weighted by Crippen LogP contribution is 2.17.